The number of amides is 1. The van der Waals surface area contributed by atoms with E-state index < -0.39 is 5.82 Å². The summed E-state index contributed by atoms with van der Waals surface area (Å²) in [6, 6.07) is 4.17. The molecule has 0 spiro atoms. The molecule has 110 valence electrons. The van der Waals surface area contributed by atoms with Crippen molar-refractivity contribution in [2.75, 3.05) is 30.7 Å². The third kappa shape index (κ3) is 3.70. The number of hydrogen-bond donors (Lipinski definition) is 2. The van der Waals surface area contributed by atoms with Gasteiger partial charge in [0.25, 0.3) is 0 Å². The van der Waals surface area contributed by atoms with E-state index in [0.29, 0.717) is 24.1 Å². The zero-order valence-electron chi connectivity index (χ0n) is 12.0. The minimum absolute atomic E-state index is 0.147. The molecule has 1 aliphatic rings. The van der Waals surface area contributed by atoms with Crippen LogP contribution in [0.3, 0.4) is 0 Å². The Labute approximate surface area is 119 Å². The quantitative estimate of drug-likeness (QED) is 0.835. The first-order valence-electron chi connectivity index (χ1n) is 7.03. The number of rotatable bonds is 3. The highest BCUT2D eigenvalue weighted by molar-refractivity contribution is 5.92. The standard InChI is InChI=1S/C15H22FN3O/c1-10-5-6-19(8-11(10)2)9-15(20)18-14-7-12(17)3-4-13(14)16/h3-4,7,10-11H,5-6,8-9,17H2,1-2H3,(H,18,20). The second-order valence-electron chi connectivity index (χ2n) is 5.77. The largest absolute Gasteiger partial charge is 0.399 e. The molecule has 1 fully saturated rings. The molecule has 0 bridgehead atoms. The summed E-state index contributed by atoms with van der Waals surface area (Å²) in [5, 5.41) is 2.59. The van der Waals surface area contributed by atoms with Crippen LogP contribution in [-0.4, -0.2) is 30.4 Å². The summed E-state index contributed by atoms with van der Waals surface area (Å²) in [4.78, 5) is 14.1. The second-order valence-corrected chi connectivity index (χ2v) is 5.77. The van der Waals surface area contributed by atoms with Gasteiger partial charge >= 0.3 is 0 Å². The van der Waals surface area contributed by atoms with Crippen molar-refractivity contribution in [3.63, 3.8) is 0 Å². The van der Waals surface area contributed by atoms with Gasteiger partial charge in [0.1, 0.15) is 5.82 Å². The fraction of sp³-hybridized carbons (Fsp3) is 0.533. The van der Waals surface area contributed by atoms with E-state index in [1.54, 1.807) is 0 Å². The average molecular weight is 279 g/mol. The third-order valence-corrected chi connectivity index (χ3v) is 4.05. The fourth-order valence-electron chi connectivity index (χ4n) is 2.52. The van der Waals surface area contributed by atoms with Crippen LogP contribution in [0.25, 0.3) is 0 Å². The van der Waals surface area contributed by atoms with Gasteiger partial charge in [-0.1, -0.05) is 13.8 Å². The SMILES string of the molecule is CC1CCN(CC(=O)Nc2cc(N)ccc2F)CC1C. The van der Waals surface area contributed by atoms with Crippen LogP contribution in [-0.2, 0) is 4.79 Å². The van der Waals surface area contributed by atoms with Crippen LogP contribution in [0.4, 0.5) is 15.8 Å². The summed E-state index contributed by atoms with van der Waals surface area (Å²) in [5.41, 5.74) is 6.17. The number of halogens is 1. The topological polar surface area (TPSA) is 58.4 Å². The summed E-state index contributed by atoms with van der Waals surface area (Å²) >= 11 is 0. The summed E-state index contributed by atoms with van der Waals surface area (Å²) < 4.78 is 13.5. The molecule has 0 aliphatic carbocycles. The molecule has 0 saturated carbocycles. The molecule has 5 heteroatoms. The second kappa shape index (κ2) is 6.22. The molecule has 2 unspecified atom stereocenters. The number of benzene rings is 1. The summed E-state index contributed by atoms with van der Waals surface area (Å²) in [6.45, 7) is 6.56. The van der Waals surface area contributed by atoms with E-state index in [9.17, 15) is 9.18 Å². The number of hydrogen-bond acceptors (Lipinski definition) is 3. The van der Waals surface area contributed by atoms with Crippen molar-refractivity contribution in [1.82, 2.24) is 4.90 Å². The predicted octanol–water partition coefficient (Wildman–Crippen LogP) is 2.32. The van der Waals surface area contributed by atoms with E-state index in [4.69, 9.17) is 5.73 Å². The van der Waals surface area contributed by atoms with Crippen LogP contribution >= 0.6 is 0 Å². The number of piperidine rings is 1. The summed E-state index contributed by atoms with van der Waals surface area (Å²) in [5.74, 6) is 0.616. The lowest BCUT2D eigenvalue weighted by Crippen LogP contribution is -2.42. The van der Waals surface area contributed by atoms with Crippen molar-refractivity contribution in [1.29, 1.82) is 0 Å². The first-order chi connectivity index (χ1) is 9.45. The van der Waals surface area contributed by atoms with E-state index in [2.05, 4.69) is 24.1 Å². The van der Waals surface area contributed by atoms with E-state index in [1.807, 2.05) is 0 Å². The van der Waals surface area contributed by atoms with Crippen molar-refractivity contribution in [2.45, 2.75) is 20.3 Å². The predicted molar refractivity (Wildman–Crippen MR) is 78.8 cm³/mol. The van der Waals surface area contributed by atoms with Crippen LogP contribution in [0.15, 0.2) is 18.2 Å². The van der Waals surface area contributed by atoms with Crippen LogP contribution in [0, 0.1) is 17.7 Å². The lowest BCUT2D eigenvalue weighted by molar-refractivity contribution is -0.117. The number of nitrogen functional groups attached to an aromatic ring is 1. The molecule has 1 aromatic carbocycles. The van der Waals surface area contributed by atoms with Gasteiger partial charge in [-0.05, 0) is 43.0 Å². The Bertz CT molecular complexity index is 492. The van der Waals surface area contributed by atoms with Crippen LogP contribution in [0.5, 0.6) is 0 Å². The molecule has 3 N–H and O–H groups in total. The highest BCUT2D eigenvalue weighted by atomic mass is 19.1. The van der Waals surface area contributed by atoms with E-state index >= 15 is 0 Å². The molecule has 1 aromatic rings. The average Bonchev–Trinajstić information content (AvgIpc) is 2.38. The molecule has 0 aromatic heterocycles. The minimum atomic E-state index is -0.465. The maximum absolute atomic E-state index is 13.5. The van der Waals surface area contributed by atoms with Crippen molar-refractivity contribution in [3.8, 4) is 0 Å². The molecule has 1 aliphatic heterocycles. The molecule has 1 saturated heterocycles. The van der Waals surface area contributed by atoms with Crippen LogP contribution in [0.2, 0.25) is 0 Å². The molecule has 0 radical (unpaired) electrons. The Morgan fingerprint density at radius 1 is 1.45 bits per heavy atom. The van der Waals surface area contributed by atoms with Gasteiger partial charge in [-0.25, -0.2) is 4.39 Å². The van der Waals surface area contributed by atoms with Gasteiger partial charge < -0.3 is 11.1 Å². The number of carbonyl (C=O) groups excluding carboxylic acids is 1. The van der Waals surface area contributed by atoms with E-state index in [-0.39, 0.29) is 11.6 Å². The summed E-state index contributed by atoms with van der Waals surface area (Å²) in [7, 11) is 0. The number of nitrogens with zero attached hydrogens (tertiary/aromatic N) is 1. The number of nitrogens with one attached hydrogen (secondary N) is 1. The Kier molecular flexibility index (Phi) is 4.60. The normalized spacial score (nSPS) is 23.6. The Morgan fingerprint density at radius 2 is 2.20 bits per heavy atom. The van der Waals surface area contributed by atoms with Gasteiger partial charge in [-0.3, -0.25) is 9.69 Å². The number of nitrogens with two attached hydrogens (primary N) is 1. The van der Waals surface area contributed by atoms with Gasteiger partial charge in [0, 0.05) is 12.2 Å². The lowest BCUT2D eigenvalue weighted by Gasteiger charge is -2.34. The smallest absolute Gasteiger partial charge is 0.238 e. The third-order valence-electron chi connectivity index (χ3n) is 4.05. The number of carbonyl (C=O) groups is 1. The lowest BCUT2D eigenvalue weighted by atomic mass is 9.89. The maximum Gasteiger partial charge on any atom is 0.238 e. The molecule has 1 heterocycles. The number of anilines is 2. The fourth-order valence-corrected chi connectivity index (χ4v) is 2.52. The number of likely N-dealkylation sites (tertiary alicyclic amines) is 1. The van der Waals surface area contributed by atoms with Crippen molar-refractivity contribution in [3.05, 3.63) is 24.0 Å². The van der Waals surface area contributed by atoms with Gasteiger partial charge in [0.05, 0.1) is 12.2 Å². The molecular formula is C15H22FN3O. The minimum Gasteiger partial charge on any atom is -0.399 e. The van der Waals surface area contributed by atoms with Crippen molar-refractivity contribution < 1.29 is 9.18 Å². The zero-order chi connectivity index (χ0) is 14.7. The highest BCUT2D eigenvalue weighted by Gasteiger charge is 2.24. The first-order valence-corrected chi connectivity index (χ1v) is 7.03. The van der Waals surface area contributed by atoms with Gasteiger partial charge in [0.15, 0.2) is 0 Å². The maximum atomic E-state index is 13.5. The van der Waals surface area contributed by atoms with Crippen molar-refractivity contribution in [2.24, 2.45) is 11.8 Å². The summed E-state index contributed by atoms with van der Waals surface area (Å²) in [6.07, 6.45) is 1.10. The first kappa shape index (κ1) is 14.8. The molecule has 2 rings (SSSR count). The zero-order valence-corrected chi connectivity index (χ0v) is 12.0. The Balaban J connectivity index is 1.91. The van der Waals surface area contributed by atoms with Crippen LogP contribution < -0.4 is 11.1 Å². The van der Waals surface area contributed by atoms with Gasteiger partial charge in [0.2, 0.25) is 5.91 Å². The Morgan fingerprint density at radius 3 is 2.90 bits per heavy atom. The Hall–Kier alpha value is -1.62. The van der Waals surface area contributed by atoms with E-state index in [0.717, 1.165) is 19.5 Å². The molecule has 4 nitrogen and oxygen atoms in total. The van der Waals surface area contributed by atoms with Gasteiger partial charge in [-0.2, -0.15) is 0 Å². The van der Waals surface area contributed by atoms with E-state index in [1.165, 1.54) is 18.2 Å². The molecular weight excluding hydrogens is 257 g/mol. The van der Waals surface area contributed by atoms with Crippen molar-refractivity contribution >= 4 is 17.3 Å². The highest BCUT2D eigenvalue weighted by Crippen LogP contribution is 2.22. The molecule has 20 heavy (non-hydrogen) atoms. The molecule has 1 amide bonds. The monoisotopic (exact) mass is 279 g/mol. The van der Waals surface area contributed by atoms with Crippen LogP contribution in [0.1, 0.15) is 20.3 Å². The van der Waals surface area contributed by atoms with Gasteiger partial charge in [-0.15, -0.1) is 0 Å². The molecule has 2 atom stereocenters.